The molecule has 2 aromatic rings. The molecule has 3 rings (SSSR count). The molecule has 0 atom stereocenters. The quantitative estimate of drug-likeness (QED) is 0.910. The van der Waals surface area contributed by atoms with Crippen molar-refractivity contribution in [2.24, 2.45) is 0 Å². The van der Waals surface area contributed by atoms with Gasteiger partial charge in [-0.1, -0.05) is 0 Å². The van der Waals surface area contributed by atoms with Crippen LogP contribution in [-0.4, -0.2) is 18.1 Å². The second-order valence-corrected chi connectivity index (χ2v) is 5.61. The fourth-order valence-electron chi connectivity index (χ4n) is 2.36. The van der Waals surface area contributed by atoms with E-state index >= 15 is 0 Å². The summed E-state index contributed by atoms with van der Waals surface area (Å²) < 4.78 is 26.6. The monoisotopic (exact) mass is 280 g/mol. The molecular weight excluding hydrogens is 266 g/mol. The van der Waals surface area contributed by atoms with Crippen LogP contribution in [0.1, 0.15) is 23.8 Å². The number of nitrogens with one attached hydrogen (secondary N) is 1. The first-order chi connectivity index (χ1) is 9.24. The van der Waals surface area contributed by atoms with Gasteiger partial charge in [0.2, 0.25) is 0 Å². The molecule has 0 bridgehead atoms. The molecule has 0 aliphatic carbocycles. The van der Waals surface area contributed by atoms with E-state index in [1.54, 1.807) is 11.3 Å². The molecule has 0 saturated carbocycles. The van der Waals surface area contributed by atoms with Gasteiger partial charge in [0.15, 0.2) is 0 Å². The van der Waals surface area contributed by atoms with Crippen LogP contribution in [-0.2, 0) is 0 Å². The Kier molecular flexibility index (Phi) is 3.57. The van der Waals surface area contributed by atoms with Gasteiger partial charge < -0.3 is 5.32 Å². The summed E-state index contributed by atoms with van der Waals surface area (Å²) in [6.07, 6.45) is 2.14. The molecule has 0 unspecified atom stereocenters. The van der Waals surface area contributed by atoms with Crippen molar-refractivity contribution in [3.63, 3.8) is 0 Å². The minimum absolute atomic E-state index is 0.373. The predicted octanol–water partition coefficient (Wildman–Crippen LogP) is 3.56. The summed E-state index contributed by atoms with van der Waals surface area (Å²) in [5.74, 6) is -0.652. The van der Waals surface area contributed by atoms with E-state index in [1.807, 2.05) is 5.38 Å². The maximum absolute atomic E-state index is 13.7. The molecule has 0 radical (unpaired) electrons. The van der Waals surface area contributed by atoms with Crippen molar-refractivity contribution in [1.82, 2.24) is 10.3 Å². The van der Waals surface area contributed by atoms with Gasteiger partial charge in [-0.25, -0.2) is 13.8 Å². The molecular formula is C14H14F2N2S. The molecule has 1 aliphatic rings. The van der Waals surface area contributed by atoms with Crippen molar-refractivity contribution >= 4 is 11.3 Å². The van der Waals surface area contributed by atoms with Crippen LogP contribution < -0.4 is 5.32 Å². The molecule has 1 aromatic heterocycles. The lowest BCUT2D eigenvalue weighted by Crippen LogP contribution is -2.26. The van der Waals surface area contributed by atoms with Crippen LogP contribution in [0.5, 0.6) is 0 Å². The van der Waals surface area contributed by atoms with Crippen molar-refractivity contribution in [3.8, 4) is 11.3 Å². The second kappa shape index (κ2) is 5.35. The number of hydrogen-bond donors (Lipinski definition) is 1. The number of benzene rings is 1. The fraction of sp³-hybridized carbons (Fsp3) is 0.357. The minimum atomic E-state index is -0.560. The van der Waals surface area contributed by atoms with Crippen LogP contribution in [0.2, 0.25) is 0 Å². The first kappa shape index (κ1) is 12.7. The van der Waals surface area contributed by atoms with Crippen LogP contribution in [0, 0.1) is 11.6 Å². The zero-order chi connectivity index (χ0) is 13.2. The third-order valence-corrected chi connectivity index (χ3v) is 4.42. The smallest absolute Gasteiger partial charge is 0.135 e. The standard InChI is InChI=1S/C14H14F2N2S/c15-10-1-2-11(12(16)7-10)13-8-19-14(18-13)9-3-5-17-6-4-9/h1-2,7-9,17H,3-6H2. The number of aromatic nitrogens is 1. The lowest BCUT2D eigenvalue weighted by Gasteiger charge is -2.20. The highest BCUT2D eigenvalue weighted by atomic mass is 32.1. The number of rotatable bonds is 2. The van der Waals surface area contributed by atoms with E-state index in [1.165, 1.54) is 12.1 Å². The van der Waals surface area contributed by atoms with Gasteiger partial charge in [0, 0.05) is 22.9 Å². The minimum Gasteiger partial charge on any atom is -0.317 e. The molecule has 100 valence electrons. The molecule has 19 heavy (non-hydrogen) atoms. The first-order valence-electron chi connectivity index (χ1n) is 6.35. The highest BCUT2D eigenvalue weighted by Crippen LogP contribution is 2.32. The van der Waals surface area contributed by atoms with E-state index in [2.05, 4.69) is 10.3 Å². The molecule has 1 saturated heterocycles. The summed E-state index contributed by atoms with van der Waals surface area (Å²) in [5, 5.41) is 6.22. The molecule has 2 nitrogen and oxygen atoms in total. The van der Waals surface area contributed by atoms with Gasteiger partial charge in [-0.2, -0.15) is 0 Å². The zero-order valence-corrected chi connectivity index (χ0v) is 11.1. The van der Waals surface area contributed by atoms with Crippen LogP contribution in [0.25, 0.3) is 11.3 Å². The normalized spacial score (nSPS) is 16.7. The Morgan fingerprint density at radius 3 is 2.74 bits per heavy atom. The fourth-order valence-corrected chi connectivity index (χ4v) is 3.36. The highest BCUT2D eigenvalue weighted by Gasteiger charge is 2.19. The van der Waals surface area contributed by atoms with E-state index < -0.39 is 11.6 Å². The maximum atomic E-state index is 13.7. The van der Waals surface area contributed by atoms with Gasteiger partial charge in [0.1, 0.15) is 11.6 Å². The third-order valence-electron chi connectivity index (χ3n) is 3.42. The Labute approximate surface area is 114 Å². The summed E-state index contributed by atoms with van der Waals surface area (Å²) in [6.45, 7) is 2.01. The lowest BCUT2D eigenvalue weighted by atomic mass is 9.99. The summed E-state index contributed by atoms with van der Waals surface area (Å²) in [4.78, 5) is 4.52. The van der Waals surface area contributed by atoms with E-state index in [0.717, 1.165) is 37.0 Å². The number of nitrogens with zero attached hydrogens (tertiary/aromatic N) is 1. The largest absolute Gasteiger partial charge is 0.317 e. The molecule has 0 amide bonds. The molecule has 1 fully saturated rings. The summed E-state index contributed by atoms with van der Waals surface area (Å²) >= 11 is 1.56. The van der Waals surface area contributed by atoms with Gasteiger partial charge in [0.25, 0.3) is 0 Å². The van der Waals surface area contributed by atoms with E-state index in [-0.39, 0.29) is 0 Å². The van der Waals surface area contributed by atoms with Gasteiger partial charge in [-0.3, -0.25) is 0 Å². The number of hydrogen-bond acceptors (Lipinski definition) is 3. The first-order valence-corrected chi connectivity index (χ1v) is 7.23. The summed E-state index contributed by atoms with van der Waals surface area (Å²) in [7, 11) is 0. The van der Waals surface area contributed by atoms with Gasteiger partial charge in [0.05, 0.1) is 10.7 Å². The molecule has 1 aromatic carbocycles. The number of piperidine rings is 1. The van der Waals surface area contributed by atoms with Crippen molar-refractivity contribution in [2.75, 3.05) is 13.1 Å². The van der Waals surface area contributed by atoms with Gasteiger partial charge in [-0.15, -0.1) is 11.3 Å². The molecule has 1 aliphatic heterocycles. The Morgan fingerprint density at radius 2 is 2.00 bits per heavy atom. The van der Waals surface area contributed by atoms with Crippen LogP contribution in [0.15, 0.2) is 23.6 Å². The van der Waals surface area contributed by atoms with Crippen molar-refractivity contribution in [1.29, 1.82) is 0 Å². The van der Waals surface area contributed by atoms with E-state index in [9.17, 15) is 8.78 Å². The summed E-state index contributed by atoms with van der Waals surface area (Å²) in [5.41, 5.74) is 0.980. The van der Waals surface area contributed by atoms with Crippen LogP contribution >= 0.6 is 11.3 Å². The van der Waals surface area contributed by atoms with Crippen molar-refractivity contribution < 1.29 is 8.78 Å². The Hall–Kier alpha value is -1.33. The second-order valence-electron chi connectivity index (χ2n) is 4.72. The maximum Gasteiger partial charge on any atom is 0.135 e. The number of thiazole rings is 1. The number of halogens is 2. The van der Waals surface area contributed by atoms with Gasteiger partial charge >= 0.3 is 0 Å². The van der Waals surface area contributed by atoms with Crippen LogP contribution in [0.3, 0.4) is 0 Å². The molecule has 5 heteroatoms. The van der Waals surface area contributed by atoms with E-state index in [4.69, 9.17) is 0 Å². The highest BCUT2D eigenvalue weighted by molar-refractivity contribution is 7.10. The summed E-state index contributed by atoms with van der Waals surface area (Å²) in [6, 6.07) is 3.62. The molecule has 1 N–H and O–H groups in total. The predicted molar refractivity (Wildman–Crippen MR) is 72.3 cm³/mol. The van der Waals surface area contributed by atoms with E-state index in [0.29, 0.717) is 17.2 Å². The average Bonchev–Trinajstić information content (AvgIpc) is 2.89. The Morgan fingerprint density at radius 1 is 1.21 bits per heavy atom. The van der Waals surface area contributed by atoms with Crippen molar-refractivity contribution in [3.05, 3.63) is 40.2 Å². The average molecular weight is 280 g/mol. The lowest BCUT2D eigenvalue weighted by molar-refractivity contribution is 0.459. The molecule has 2 heterocycles. The Bertz CT molecular complexity index is 577. The van der Waals surface area contributed by atoms with Crippen molar-refractivity contribution in [2.45, 2.75) is 18.8 Å². The molecule has 0 spiro atoms. The third kappa shape index (κ3) is 2.67. The van der Waals surface area contributed by atoms with Crippen LogP contribution in [0.4, 0.5) is 8.78 Å². The topological polar surface area (TPSA) is 24.9 Å². The Balaban J connectivity index is 1.87. The SMILES string of the molecule is Fc1ccc(-c2csc(C3CCNCC3)n2)c(F)c1. The zero-order valence-electron chi connectivity index (χ0n) is 10.3. The van der Waals surface area contributed by atoms with Gasteiger partial charge in [-0.05, 0) is 38.1 Å².